The maximum Gasteiger partial charge on any atom is 0.148 e. The van der Waals surface area contributed by atoms with Gasteiger partial charge in [-0.15, -0.1) is 0 Å². The third kappa shape index (κ3) is 2.46. The molecule has 0 saturated heterocycles. The van der Waals surface area contributed by atoms with Gasteiger partial charge in [-0.25, -0.2) is 13.5 Å². The highest BCUT2D eigenvalue weighted by Crippen LogP contribution is 2.35. The zero-order chi connectivity index (χ0) is 16.5. The van der Waals surface area contributed by atoms with Gasteiger partial charge in [0.2, 0.25) is 0 Å². The molecule has 0 aliphatic carbocycles. The van der Waals surface area contributed by atoms with E-state index >= 15 is 0 Å². The number of nitrogens with zero attached hydrogens (tertiary/aromatic N) is 2. The molecule has 0 amide bonds. The van der Waals surface area contributed by atoms with Crippen molar-refractivity contribution in [1.29, 1.82) is 0 Å². The van der Waals surface area contributed by atoms with E-state index in [-0.39, 0.29) is 11.6 Å². The van der Waals surface area contributed by atoms with Crippen molar-refractivity contribution in [1.82, 2.24) is 9.78 Å². The molecule has 2 heterocycles. The van der Waals surface area contributed by atoms with Gasteiger partial charge < -0.3 is 5.32 Å². The van der Waals surface area contributed by atoms with Crippen LogP contribution >= 0.6 is 0 Å². The molecule has 0 bridgehead atoms. The van der Waals surface area contributed by atoms with Crippen LogP contribution in [-0.4, -0.2) is 16.3 Å². The van der Waals surface area contributed by atoms with E-state index in [2.05, 4.69) is 10.4 Å². The quantitative estimate of drug-likeness (QED) is 0.748. The second-order valence-electron chi connectivity index (χ2n) is 5.90. The summed E-state index contributed by atoms with van der Waals surface area (Å²) in [5.41, 5.74) is 2.35. The normalized spacial score (nSPS) is 13.9. The molecule has 2 aromatic carbocycles. The van der Waals surface area contributed by atoms with Crippen LogP contribution in [0.25, 0.3) is 16.9 Å². The van der Waals surface area contributed by atoms with Gasteiger partial charge in [0.1, 0.15) is 28.8 Å². The average Bonchev–Trinajstić information content (AvgIpc) is 2.78. The van der Waals surface area contributed by atoms with Crippen LogP contribution in [0.5, 0.6) is 0 Å². The van der Waals surface area contributed by atoms with Crippen LogP contribution in [0.4, 0.5) is 14.6 Å². The van der Waals surface area contributed by atoms with E-state index in [1.54, 1.807) is 41.1 Å². The minimum absolute atomic E-state index is 0.317. The predicted molar refractivity (Wildman–Crippen MR) is 90.3 cm³/mol. The predicted octanol–water partition coefficient (Wildman–Crippen LogP) is 4.57. The Bertz CT molecular complexity index is 816. The highest BCUT2D eigenvalue weighted by Gasteiger charge is 2.24. The maximum absolute atomic E-state index is 14.3. The van der Waals surface area contributed by atoms with Gasteiger partial charge in [0, 0.05) is 17.7 Å². The third-order valence-electron chi connectivity index (χ3n) is 4.34. The number of anilines is 1. The molecule has 5 heteroatoms. The van der Waals surface area contributed by atoms with Gasteiger partial charge >= 0.3 is 0 Å². The van der Waals surface area contributed by atoms with E-state index in [0.29, 0.717) is 16.9 Å². The molecule has 0 fully saturated rings. The third-order valence-corrected chi connectivity index (χ3v) is 4.34. The fourth-order valence-corrected chi connectivity index (χ4v) is 3.17. The molecular formula is C19H17F2N3. The summed E-state index contributed by atoms with van der Waals surface area (Å²) in [5, 5.41) is 7.91. The molecule has 122 valence electrons. The summed E-state index contributed by atoms with van der Waals surface area (Å²) >= 11 is 0. The van der Waals surface area contributed by atoms with Crippen molar-refractivity contribution in [2.45, 2.75) is 19.3 Å². The lowest BCUT2D eigenvalue weighted by molar-refractivity contribution is 0.611. The van der Waals surface area contributed by atoms with E-state index < -0.39 is 0 Å². The van der Waals surface area contributed by atoms with E-state index in [1.165, 1.54) is 12.1 Å². The first-order chi connectivity index (χ1) is 11.8. The monoisotopic (exact) mass is 325 g/mol. The molecule has 3 nitrogen and oxygen atoms in total. The van der Waals surface area contributed by atoms with Gasteiger partial charge in [-0.1, -0.05) is 24.3 Å². The van der Waals surface area contributed by atoms with Crippen molar-refractivity contribution in [2.75, 3.05) is 11.9 Å². The number of nitrogens with one attached hydrogen (secondary N) is 1. The average molecular weight is 325 g/mol. The highest BCUT2D eigenvalue weighted by molar-refractivity contribution is 5.71. The Morgan fingerprint density at radius 3 is 2.46 bits per heavy atom. The number of para-hydroxylation sites is 1. The highest BCUT2D eigenvalue weighted by atomic mass is 19.1. The molecule has 3 aromatic rings. The van der Waals surface area contributed by atoms with Crippen LogP contribution in [0, 0.1) is 11.6 Å². The minimum Gasteiger partial charge on any atom is -0.370 e. The van der Waals surface area contributed by atoms with Crippen molar-refractivity contribution in [3.05, 3.63) is 65.7 Å². The molecular weight excluding hydrogens is 308 g/mol. The minimum atomic E-state index is -0.353. The Morgan fingerprint density at radius 2 is 1.67 bits per heavy atom. The number of halogens is 2. The zero-order valence-electron chi connectivity index (χ0n) is 13.1. The Morgan fingerprint density at radius 1 is 0.917 bits per heavy atom. The number of hydrogen-bond acceptors (Lipinski definition) is 2. The van der Waals surface area contributed by atoms with Crippen LogP contribution in [-0.2, 0) is 6.42 Å². The number of benzene rings is 2. The van der Waals surface area contributed by atoms with Gasteiger partial charge in [0.15, 0.2) is 0 Å². The van der Waals surface area contributed by atoms with Gasteiger partial charge in [-0.3, -0.25) is 0 Å². The van der Waals surface area contributed by atoms with Gasteiger partial charge in [0.05, 0.1) is 0 Å². The lowest BCUT2D eigenvalue weighted by Gasteiger charge is -2.09. The smallest absolute Gasteiger partial charge is 0.148 e. The van der Waals surface area contributed by atoms with E-state index in [1.807, 2.05) is 0 Å². The molecule has 0 unspecified atom stereocenters. The van der Waals surface area contributed by atoms with Crippen LogP contribution in [0.2, 0.25) is 0 Å². The van der Waals surface area contributed by atoms with Crippen molar-refractivity contribution < 1.29 is 8.78 Å². The Balaban J connectivity index is 1.96. The maximum atomic E-state index is 14.3. The second kappa shape index (κ2) is 6.07. The molecule has 1 N–H and O–H groups in total. The van der Waals surface area contributed by atoms with E-state index in [9.17, 15) is 8.78 Å². The van der Waals surface area contributed by atoms with Crippen LogP contribution in [0.15, 0.2) is 48.5 Å². The lowest BCUT2D eigenvalue weighted by Crippen LogP contribution is -2.08. The fourth-order valence-electron chi connectivity index (χ4n) is 3.17. The molecule has 24 heavy (non-hydrogen) atoms. The number of fused-ring (bicyclic) bond motifs is 1. The molecule has 0 spiro atoms. The molecule has 1 aliphatic heterocycles. The van der Waals surface area contributed by atoms with Crippen LogP contribution < -0.4 is 5.32 Å². The van der Waals surface area contributed by atoms with Gasteiger partial charge in [-0.05, 0) is 43.5 Å². The summed E-state index contributed by atoms with van der Waals surface area (Å²) in [6.45, 7) is 0.795. The first kappa shape index (κ1) is 14.9. The van der Waals surface area contributed by atoms with Gasteiger partial charge in [0.25, 0.3) is 0 Å². The first-order valence-corrected chi connectivity index (χ1v) is 8.11. The number of aromatic nitrogens is 2. The summed E-state index contributed by atoms with van der Waals surface area (Å²) in [4.78, 5) is 0. The standard InChI is InChI=1S/C19H17F2N3/c20-15-9-2-1-7-13(15)18-14-8-5-6-12-22-19(14)24(23-18)17-11-4-3-10-16(17)21/h1-4,7,9-11,22H,5-6,8,12H2. The Hall–Kier alpha value is -2.69. The Labute approximate surface area is 138 Å². The van der Waals surface area contributed by atoms with Crippen LogP contribution in [0.3, 0.4) is 0 Å². The van der Waals surface area contributed by atoms with Crippen LogP contribution in [0.1, 0.15) is 18.4 Å². The van der Waals surface area contributed by atoms with E-state index in [0.717, 1.165) is 37.2 Å². The van der Waals surface area contributed by atoms with E-state index in [4.69, 9.17) is 0 Å². The summed E-state index contributed by atoms with van der Waals surface area (Å²) in [6.07, 6.45) is 2.80. The van der Waals surface area contributed by atoms with Crippen molar-refractivity contribution in [3.63, 3.8) is 0 Å². The number of hydrogen-bond donors (Lipinski definition) is 1. The second-order valence-corrected chi connectivity index (χ2v) is 5.90. The largest absolute Gasteiger partial charge is 0.370 e. The molecule has 1 aromatic heterocycles. The molecule has 0 atom stereocenters. The zero-order valence-corrected chi connectivity index (χ0v) is 13.1. The van der Waals surface area contributed by atoms with Crippen molar-refractivity contribution >= 4 is 5.82 Å². The summed E-state index contributed by atoms with van der Waals surface area (Å²) in [6, 6.07) is 13.1. The fraction of sp³-hybridized carbons (Fsp3) is 0.211. The molecule has 0 radical (unpaired) electrons. The topological polar surface area (TPSA) is 29.9 Å². The Kier molecular flexibility index (Phi) is 3.76. The lowest BCUT2D eigenvalue weighted by atomic mass is 10.0. The first-order valence-electron chi connectivity index (χ1n) is 8.11. The molecule has 1 aliphatic rings. The van der Waals surface area contributed by atoms with Crippen molar-refractivity contribution in [2.24, 2.45) is 0 Å². The molecule has 4 rings (SSSR count). The molecule has 0 saturated carbocycles. The number of rotatable bonds is 2. The van der Waals surface area contributed by atoms with Gasteiger partial charge in [-0.2, -0.15) is 5.10 Å². The summed E-state index contributed by atoms with van der Waals surface area (Å²) in [7, 11) is 0. The summed E-state index contributed by atoms with van der Waals surface area (Å²) < 4.78 is 30.1. The summed E-state index contributed by atoms with van der Waals surface area (Å²) in [5.74, 6) is 0.0903. The SMILES string of the molecule is Fc1ccccc1-c1nn(-c2ccccc2F)c2c1CCCCN2. The van der Waals surface area contributed by atoms with Crippen molar-refractivity contribution in [3.8, 4) is 16.9 Å².